The fourth-order valence-electron chi connectivity index (χ4n) is 9.37. The number of nitrogens with zero attached hydrogens (tertiary/aromatic N) is 6. The van der Waals surface area contributed by atoms with Crippen molar-refractivity contribution in [2.45, 2.75) is 116 Å². The number of amides is 2. The number of benzene rings is 2. The van der Waals surface area contributed by atoms with Crippen LogP contribution in [0.3, 0.4) is 0 Å². The quantitative estimate of drug-likeness (QED) is 0.171. The number of carbonyl (C=O) groups excluding carboxylic acids is 2. The summed E-state index contributed by atoms with van der Waals surface area (Å²) in [5, 5.41) is 6.54. The second-order valence-corrected chi connectivity index (χ2v) is 16.8. The third-order valence-corrected chi connectivity index (χ3v) is 12.4. The zero-order valence-electron chi connectivity index (χ0n) is 32.7. The lowest BCUT2D eigenvalue weighted by atomic mass is 9.73. The lowest BCUT2D eigenvalue weighted by molar-refractivity contribution is -0.126. The second-order valence-electron chi connectivity index (χ2n) is 16.8. The summed E-state index contributed by atoms with van der Waals surface area (Å²) in [5.41, 5.74) is 6.67. The van der Waals surface area contributed by atoms with Crippen molar-refractivity contribution in [1.82, 2.24) is 29.7 Å². The van der Waals surface area contributed by atoms with Crippen molar-refractivity contribution in [1.29, 1.82) is 0 Å². The average Bonchev–Trinajstić information content (AvgIpc) is 3.67. The summed E-state index contributed by atoms with van der Waals surface area (Å²) in [7, 11) is 0. The van der Waals surface area contributed by atoms with E-state index in [9.17, 15) is 18.4 Å². The van der Waals surface area contributed by atoms with Crippen LogP contribution < -0.4 is 15.5 Å². The van der Waals surface area contributed by atoms with Gasteiger partial charge in [0.15, 0.2) is 5.82 Å². The molecule has 2 saturated heterocycles. The Morgan fingerprint density at radius 1 is 0.945 bits per heavy atom. The molecule has 0 atom stereocenters. The van der Waals surface area contributed by atoms with Gasteiger partial charge in [-0.3, -0.25) is 14.5 Å². The first kappa shape index (κ1) is 37.5. The summed E-state index contributed by atoms with van der Waals surface area (Å²) in [4.78, 5) is 44.4. The van der Waals surface area contributed by atoms with E-state index in [1.165, 1.54) is 19.3 Å². The molecule has 4 aliphatic rings. The lowest BCUT2D eigenvalue weighted by Gasteiger charge is -2.48. The monoisotopic (exact) mass is 752 g/mol. The van der Waals surface area contributed by atoms with E-state index < -0.39 is 11.8 Å². The Labute approximate surface area is 322 Å². The van der Waals surface area contributed by atoms with Crippen molar-refractivity contribution in [3.63, 3.8) is 0 Å². The number of rotatable bonds is 10. The number of carbonyl (C=O) groups is 2. The predicted molar refractivity (Wildman–Crippen MR) is 213 cm³/mol. The third kappa shape index (κ3) is 7.01. The normalized spacial score (nSPS) is 21.6. The molecule has 0 unspecified atom stereocenters. The Morgan fingerprint density at radius 3 is 2.38 bits per heavy atom. The number of imidazole rings is 1. The van der Waals surface area contributed by atoms with Gasteiger partial charge in [-0.25, -0.2) is 18.7 Å². The fourth-order valence-corrected chi connectivity index (χ4v) is 9.37. The molecule has 4 aromatic rings. The molecule has 2 aromatic carbocycles. The minimum absolute atomic E-state index is 0.00832. The number of halogens is 2. The highest BCUT2D eigenvalue weighted by atomic mass is 19.3. The summed E-state index contributed by atoms with van der Waals surface area (Å²) in [6.45, 7) is 13.0. The van der Waals surface area contributed by atoms with E-state index in [0.29, 0.717) is 43.4 Å². The molecule has 2 aromatic heterocycles. The number of fused-ring (bicyclic) bond motifs is 3. The van der Waals surface area contributed by atoms with Crippen molar-refractivity contribution < 1.29 is 18.4 Å². The standard InChI is InChI=1S/C43H54F2N8O2/c1-26(2)47-41(54)33-20-30(11-9-28(33)5)48-40-39-36(46-25-52(39)27(3)4)23-35(49-40)29-10-12-34-37(19-29)53(32-21-31(22-32)51-15-7-6-8-16-51)42(55)43(34)13-17-50(18-14-43)24-38(44)45/h9-12,19-20,23,25-27,31-32,38H,6-8,13-18,21-22,24H2,1-5H3,(H,47,54)(H,48,49)/t31-,32+. The van der Waals surface area contributed by atoms with Crippen LogP contribution in [0.25, 0.3) is 22.3 Å². The number of hydrogen-bond donors (Lipinski definition) is 2. The number of alkyl halides is 2. The largest absolute Gasteiger partial charge is 0.350 e. The van der Waals surface area contributed by atoms with Crippen LogP contribution in [0.5, 0.6) is 0 Å². The van der Waals surface area contributed by atoms with Crippen molar-refractivity contribution in [2.24, 2.45) is 0 Å². The number of hydrogen-bond acceptors (Lipinski definition) is 7. The molecule has 10 nitrogen and oxygen atoms in total. The Balaban J connectivity index is 1.17. The van der Waals surface area contributed by atoms with Crippen molar-refractivity contribution >= 4 is 40.0 Å². The van der Waals surface area contributed by atoms with Gasteiger partial charge in [-0.15, -0.1) is 0 Å². The number of anilines is 3. The first-order valence-electron chi connectivity index (χ1n) is 20.2. The molecular weight excluding hydrogens is 699 g/mol. The molecule has 1 spiro atoms. The van der Waals surface area contributed by atoms with Crippen LogP contribution in [-0.4, -0.2) is 93.4 Å². The van der Waals surface area contributed by atoms with Gasteiger partial charge in [0.2, 0.25) is 5.91 Å². The number of nitrogens with one attached hydrogen (secondary N) is 2. The fraction of sp³-hybridized carbons (Fsp3) is 0.535. The van der Waals surface area contributed by atoms with Gasteiger partial charge >= 0.3 is 0 Å². The van der Waals surface area contributed by atoms with E-state index in [1.54, 1.807) is 4.90 Å². The summed E-state index contributed by atoms with van der Waals surface area (Å²) in [5.74, 6) is 0.618. The van der Waals surface area contributed by atoms with Crippen LogP contribution in [0.4, 0.5) is 26.0 Å². The highest BCUT2D eigenvalue weighted by Gasteiger charge is 2.55. The SMILES string of the molecule is Cc1ccc(Nc2nc(-c3ccc4c(c3)N([C@H]3C[C@@H](N5CCCCC5)C3)C(=O)C43CCN(CC(F)F)CC3)cc3ncn(C(C)C)c23)cc1C(=O)NC(C)C. The van der Waals surface area contributed by atoms with Gasteiger partial charge in [-0.05, 0) is 135 Å². The number of likely N-dealkylation sites (tertiary alicyclic amines) is 2. The molecule has 55 heavy (non-hydrogen) atoms. The van der Waals surface area contributed by atoms with E-state index in [1.807, 2.05) is 51.4 Å². The van der Waals surface area contributed by atoms with Gasteiger partial charge in [-0.2, -0.15) is 0 Å². The van der Waals surface area contributed by atoms with Gasteiger partial charge in [0, 0.05) is 46.7 Å². The molecule has 2 amide bonds. The zero-order chi connectivity index (χ0) is 38.6. The van der Waals surface area contributed by atoms with Crippen LogP contribution in [0.15, 0.2) is 48.8 Å². The molecule has 0 radical (unpaired) electrons. The summed E-state index contributed by atoms with van der Waals surface area (Å²) in [6.07, 6.45) is 6.15. The Hall–Kier alpha value is -4.42. The van der Waals surface area contributed by atoms with E-state index in [0.717, 1.165) is 70.7 Å². The molecule has 0 bridgehead atoms. The Morgan fingerprint density at radius 2 is 1.69 bits per heavy atom. The minimum Gasteiger partial charge on any atom is -0.350 e. The van der Waals surface area contributed by atoms with Crippen LogP contribution in [0, 0.1) is 6.92 Å². The number of aryl methyl sites for hydroxylation is 1. The molecule has 3 fully saturated rings. The number of piperidine rings is 2. The van der Waals surface area contributed by atoms with Crippen LogP contribution in [0.2, 0.25) is 0 Å². The maximum absolute atomic E-state index is 14.8. The average molecular weight is 753 g/mol. The van der Waals surface area contributed by atoms with Crippen molar-refractivity contribution in [3.8, 4) is 11.3 Å². The highest BCUT2D eigenvalue weighted by molar-refractivity contribution is 6.09. The van der Waals surface area contributed by atoms with Crippen LogP contribution in [0.1, 0.15) is 100 Å². The van der Waals surface area contributed by atoms with Gasteiger partial charge in [-0.1, -0.05) is 24.6 Å². The van der Waals surface area contributed by atoms with Gasteiger partial charge in [0.25, 0.3) is 12.3 Å². The lowest BCUT2D eigenvalue weighted by Crippen LogP contribution is -2.58. The molecule has 5 heterocycles. The highest BCUT2D eigenvalue weighted by Crippen LogP contribution is 2.52. The Bertz CT molecular complexity index is 2080. The van der Waals surface area contributed by atoms with Crippen molar-refractivity contribution in [3.05, 3.63) is 65.5 Å². The first-order chi connectivity index (χ1) is 26.4. The second kappa shape index (κ2) is 14.9. The summed E-state index contributed by atoms with van der Waals surface area (Å²) >= 11 is 0. The molecule has 292 valence electrons. The molecule has 2 N–H and O–H groups in total. The van der Waals surface area contributed by atoms with E-state index in [-0.39, 0.29) is 36.5 Å². The number of pyridine rings is 1. The maximum atomic E-state index is 14.8. The molecular formula is C43H54F2N8O2. The van der Waals surface area contributed by atoms with Gasteiger partial charge < -0.3 is 25.0 Å². The van der Waals surface area contributed by atoms with Gasteiger partial charge in [0.1, 0.15) is 5.52 Å². The van der Waals surface area contributed by atoms with Crippen molar-refractivity contribution in [2.75, 3.05) is 42.9 Å². The smallest absolute Gasteiger partial charge is 0.251 e. The number of aromatic nitrogens is 3. The van der Waals surface area contributed by atoms with Gasteiger partial charge in [0.05, 0.1) is 29.5 Å². The van der Waals surface area contributed by atoms with E-state index in [2.05, 4.69) is 57.0 Å². The predicted octanol–water partition coefficient (Wildman–Crippen LogP) is 7.83. The topological polar surface area (TPSA) is 98.6 Å². The summed E-state index contributed by atoms with van der Waals surface area (Å²) < 4.78 is 28.8. The van der Waals surface area contributed by atoms with Crippen LogP contribution in [-0.2, 0) is 10.2 Å². The summed E-state index contributed by atoms with van der Waals surface area (Å²) in [6, 6.07) is 14.8. The zero-order valence-corrected chi connectivity index (χ0v) is 32.7. The van der Waals surface area contributed by atoms with E-state index in [4.69, 9.17) is 9.97 Å². The van der Waals surface area contributed by atoms with E-state index >= 15 is 0 Å². The molecule has 12 heteroatoms. The first-order valence-corrected chi connectivity index (χ1v) is 20.2. The Kier molecular flexibility index (Phi) is 10.2. The minimum atomic E-state index is -2.39. The molecule has 1 aliphatic carbocycles. The van der Waals surface area contributed by atoms with Crippen LogP contribution >= 0.6 is 0 Å². The third-order valence-electron chi connectivity index (χ3n) is 12.4. The molecule has 8 rings (SSSR count). The maximum Gasteiger partial charge on any atom is 0.251 e. The molecule has 3 aliphatic heterocycles. The molecule has 1 saturated carbocycles.